The van der Waals surface area contributed by atoms with Crippen LogP contribution in [-0.2, 0) is 6.54 Å². The summed E-state index contributed by atoms with van der Waals surface area (Å²) in [5, 5.41) is 31.8. The molecule has 3 aromatic carbocycles. The van der Waals surface area contributed by atoms with Crippen molar-refractivity contribution in [3.05, 3.63) is 109 Å². The Morgan fingerprint density at radius 1 is 0.850 bits per heavy atom. The van der Waals surface area contributed by atoms with E-state index in [4.69, 9.17) is 32.7 Å². The van der Waals surface area contributed by atoms with Crippen LogP contribution in [0.25, 0.3) is 33.4 Å². The number of amides is 1. The molecular weight excluding hydrogens is 561 g/mol. The highest BCUT2D eigenvalue weighted by Crippen LogP contribution is 2.47. The van der Waals surface area contributed by atoms with Gasteiger partial charge in [0.05, 0.1) is 26.7 Å². The van der Waals surface area contributed by atoms with Gasteiger partial charge in [-0.15, -0.1) is 0 Å². The van der Waals surface area contributed by atoms with Crippen LogP contribution >= 0.6 is 23.2 Å². The molecule has 0 spiro atoms. The fourth-order valence-electron chi connectivity index (χ4n) is 4.41. The second-order valence-electron chi connectivity index (χ2n) is 8.78. The summed E-state index contributed by atoms with van der Waals surface area (Å²) >= 11 is 13.2. The average Bonchev–Trinajstić information content (AvgIpc) is 2.91. The van der Waals surface area contributed by atoms with E-state index in [0.717, 1.165) is 6.07 Å². The standard InChI is InChI=1S/C29H17Cl2NO8/c30-20-11-19(27(35)32-12-13-1-3-14(4-2-13)28(36)37)26(31)25(24(20)29(38)39)23-17-7-5-15(33)9-21(17)40-22-10-16(34)6-8-18(22)23/h1-11,33H,12H2,(H,32,35)(H,36,37)(H,38,39). The molecule has 0 unspecified atom stereocenters. The zero-order valence-corrected chi connectivity index (χ0v) is 21.7. The lowest BCUT2D eigenvalue weighted by atomic mass is 9.89. The smallest absolute Gasteiger partial charge is 0.337 e. The number of benzene rings is 4. The zero-order valence-electron chi connectivity index (χ0n) is 20.2. The first-order valence-electron chi connectivity index (χ1n) is 11.6. The second kappa shape index (κ2) is 10.4. The van der Waals surface area contributed by atoms with Gasteiger partial charge in [-0.05, 0) is 48.0 Å². The van der Waals surface area contributed by atoms with E-state index in [1.807, 2.05) is 0 Å². The molecule has 11 heteroatoms. The molecule has 9 nitrogen and oxygen atoms in total. The highest BCUT2D eigenvalue weighted by atomic mass is 35.5. The van der Waals surface area contributed by atoms with E-state index in [-0.39, 0.29) is 66.9 Å². The number of carboxylic acids is 2. The van der Waals surface area contributed by atoms with Crippen molar-refractivity contribution < 1.29 is 34.1 Å². The van der Waals surface area contributed by atoms with Crippen LogP contribution in [0.2, 0.25) is 10.0 Å². The molecule has 200 valence electrons. The summed E-state index contributed by atoms with van der Waals surface area (Å²) in [6, 6.07) is 15.1. The molecule has 0 radical (unpaired) electrons. The quantitative estimate of drug-likeness (QED) is 0.182. The minimum Gasteiger partial charge on any atom is -0.508 e. The summed E-state index contributed by atoms with van der Waals surface area (Å²) in [4.78, 5) is 48.8. The largest absolute Gasteiger partial charge is 0.508 e. The number of nitrogens with one attached hydrogen (secondary N) is 1. The van der Waals surface area contributed by atoms with Crippen LogP contribution in [0, 0.1) is 0 Å². The van der Waals surface area contributed by atoms with E-state index in [9.17, 15) is 29.4 Å². The van der Waals surface area contributed by atoms with Crippen molar-refractivity contribution in [3.63, 3.8) is 0 Å². The Bertz CT molecular complexity index is 1880. The molecular formula is C29H17Cl2NO8. The maximum Gasteiger partial charge on any atom is 0.337 e. The molecule has 1 heterocycles. The molecule has 0 fully saturated rings. The molecule has 1 aliphatic heterocycles. The topological polar surface area (TPSA) is 154 Å². The Morgan fingerprint density at radius 3 is 2.25 bits per heavy atom. The van der Waals surface area contributed by atoms with Gasteiger partial charge in [0.1, 0.15) is 17.1 Å². The summed E-state index contributed by atoms with van der Waals surface area (Å²) in [5.41, 5.74) is 0.463. The van der Waals surface area contributed by atoms with Gasteiger partial charge in [0.2, 0.25) is 0 Å². The van der Waals surface area contributed by atoms with Crippen LogP contribution in [0.4, 0.5) is 0 Å². The molecule has 0 atom stereocenters. The predicted octanol–water partition coefficient (Wildman–Crippen LogP) is 5.90. The Balaban J connectivity index is 1.69. The first-order chi connectivity index (χ1) is 19.0. The number of halogens is 2. The normalized spacial score (nSPS) is 11.1. The van der Waals surface area contributed by atoms with Gasteiger partial charge in [-0.2, -0.15) is 0 Å². The number of hydrogen-bond acceptors (Lipinski definition) is 6. The number of carbonyl (C=O) groups excluding carboxylic acids is 1. The Hall–Kier alpha value is -4.86. The average molecular weight is 578 g/mol. The molecule has 5 rings (SSSR count). The summed E-state index contributed by atoms with van der Waals surface area (Å²) < 4.78 is 5.83. The molecule has 0 aromatic heterocycles. The number of aromatic carboxylic acids is 2. The monoisotopic (exact) mass is 577 g/mol. The van der Waals surface area contributed by atoms with Crippen LogP contribution in [-0.4, -0.2) is 33.2 Å². The molecule has 1 aliphatic carbocycles. The van der Waals surface area contributed by atoms with Gasteiger partial charge < -0.3 is 25.1 Å². The van der Waals surface area contributed by atoms with Crippen molar-refractivity contribution in [1.29, 1.82) is 0 Å². The van der Waals surface area contributed by atoms with Crippen molar-refractivity contribution in [2.45, 2.75) is 6.54 Å². The van der Waals surface area contributed by atoms with E-state index in [0.29, 0.717) is 16.5 Å². The van der Waals surface area contributed by atoms with Crippen LogP contribution < -0.4 is 10.7 Å². The lowest BCUT2D eigenvalue weighted by Gasteiger charge is -2.20. The number of carbonyl (C=O) groups is 3. The molecule has 4 N–H and O–H groups in total. The Morgan fingerprint density at radius 2 is 1.57 bits per heavy atom. The third-order valence-electron chi connectivity index (χ3n) is 6.26. The molecule has 1 amide bonds. The second-order valence-corrected chi connectivity index (χ2v) is 9.56. The molecule has 0 bridgehead atoms. The third-order valence-corrected chi connectivity index (χ3v) is 6.95. The molecule has 0 saturated carbocycles. The number of carboxylic acid groups (broad SMARTS) is 2. The number of phenols is 1. The summed E-state index contributed by atoms with van der Waals surface area (Å²) in [7, 11) is 0. The highest BCUT2D eigenvalue weighted by Gasteiger charge is 2.29. The Labute approximate surface area is 235 Å². The van der Waals surface area contributed by atoms with E-state index in [1.54, 1.807) is 12.1 Å². The van der Waals surface area contributed by atoms with E-state index in [1.165, 1.54) is 48.5 Å². The summed E-state index contributed by atoms with van der Waals surface area (Å²) in [6.07, 6.45) is 0. The van der Waals surface area contributed by atoms with Crippen molar-refractivity contribution >= 4 is 52.0 Å². The SMILES string of the molecule is O=C(O)c1ccc(CNC(=O)c2cc(Cl)c(C(=O)O)c(-c3c4ccc(=O)cc-4oc4cc(O)ccc34)c2Cl)cc1. The van der Waals surface area contributed by atoms with Crippen LogP contribution in [0.15, 0.2) is 75.9 Å². The minimum atomic E-state index is -1.41. The fourth-order valence-corrected chi connectivity index (χ4v) is 5.02. The van der Waals surface area contributed by atoms with Gasteiger partial charge in [-0.25, -0.2) is 9.59 Å². The van der Waals surface area contributed by atoms with Gasteiger partial charge in [0.25, 0.3) is 5.91 Å². The maximum atomic E-state index is 13.3. The minimum absolute atomic E-state index is 0.0182. The lowest BCUT2D eigenvalue weighted by Crippen LogP contribution is -2.24. The summed E-state index contributed by atoms with van der Waals surface area (Å²) in [5.74, 6) is -3.19. The van der Waals surface area contributed by atoms with Gasteiger partial charge in [0.15, 0.2) is 5.43 Å². The van der Waals surface area contributed by atoms with Crippen LogP contribution in [0.5, 0.6) is 5.75 Å². The molecule has 3 aromatic rings. The van der Waals surface area contributed by atoms with Gasteiger partial charge in [-0.1, -0.05) is 35.3 Å². The van der Waals surface area contributed by atoms with Crippen LogP contribution in [0.3, 0.4) is 0 Å². The molecule has 2 aliphatic rings. The number of rotatable bonds is 6. The maximum absolute atomic E-state index is 13.3. The highest BCUT2D eigenvalue weighted by molar-refractivity contribution is 6.41. The van der Waals surface area contributed by atoms with Crippen molar-refractivity contribution in [2.75, 3.05) is 0 Å². The third kappa shape index (κ3) is 4.84. The molecule has 40 heavy (non-hydrogen) atoms. The van der Waals surface area contributed by atoms with Crippen molar-refractivity contribution in [3.8, 4) is 28.2 Å². The van der Waals surface area contributed by atoms with Crippen LogP contribution in [0.1, 0.15) is 36.6 Å². The van der Waals surface area contributed by atoms with Gasteiger partial charge in [-0.3, -0.25) is 9.59 Å². The fraction of sp³-hybridized carbons (Fsp3) is 0.0345. The lowest BCUT2D eigenvalue weighted by molar-refractivity contribution is 0.0686. The van der Waals surface area contributed by atoms with E-state index < -0.39 is 17.8 Å². The summed E-state index contributed by atoms with van der Waals surface area (Å²) in [6.45, 7) is 0.0182. The first-order valence-corrected chi connectivity index (χ1v) is 12.4. The number of fused-ring (bicyclic) bond motifs is 2. The predicted molar refractivity (Wildman–Crippen MR) is 148 cm³/mol. The number of aromatic hydroxyl groups is 1. The zero-order chi connectivity index (χ0) is 28.7. The Kier molecular flexibility index (Phi) is 6.93. The number of hydrogen-bond donors (Lipinski definition) is 4. The van der Waals surface area contributed by atoms with Crippen molar-refractivity contribution in [2.24, 2.45) is 0 Å². The first kappa shape index (κ1) is 26.7. The number of phenolic OH excluding ortho intramolecular Hbond substituents is 1. The van der Waals surface area contributed by atoms with Gasteiger partial charge >= 0.3 is 11.9 Å². The van der Waals surface area contributed by atoms with E-state index in [2.05, 4.69) is 5.32 Å². The van der Waals surface area contributed by atoms with E-state index >= 15 is 0 Å². The van der Waals surface area contributed by atoms with Gasteiger partial charge in [0, 0.05) is 40.8 Å². The molecule has 0 saturated heterocycles. The van der Waals surface area contributed by atoms with Crippen molar-refractivity contribution in [1.82, 2.24) is 5.32 Å².